The van der Waals surface area contributed by atoms with Gasteiger partial charge in [0.05, 0.1) is 0 Å². The molecule has 1 aliphatic heterocycles. The molecule has 0 saturated heterocycles. The zero-order valence-corrected chi connectivity index (χ0v) is 13.3. The number of nitrogen functional groups attached to an aromatic ring is 1. The highest BCUT2D eigenvalue weighted by atomic mass is 79.9. The van der Waals surface area contributed by atoms with E-state index in [-0.39, 0.29) is 0 Å². The van der Waals surface area contributed by atoms with Gasteiger partial charge in [-0.2, -0.15) is 0 Å². The van der Waals surface area contributed by atoms with Gasteiger partial charge in [0.1, 0.15) is 0 Å². The Morgan fingerprint density at radius 2 is 2.26 bits per heavy atom. The van der Waals surface area contributed by atoms with Gasteiger partial charge >= 0.3 is 0 Å². The highest BCUT2D eigenvalue weighted by Gasteiger charge is 2.23. The van der Waals surface area contributed by atoms with E-state index in [0.29, 0.717) is 6.04 Å². The van der Waals surface area contributed by atoms with E-state index in [4.69, 9.17) is 5.73 Å². The van der Waals surface area contributed by atoms with Crippen molar-refractivity contribution in [3.63, 3.8) is 0 Å². The molecule has 3 rings (SSSR count). The predicted octanol–water partition coefficient (Wildman–Crippen LogP) is 4.21. The first kappa shape index (κ1) is 13.2. The van der Waals surface area contributed by atoms with Crippen molar-refractivity contribution in [2.45, 2.75) is 25.9 Å². The van der Waals surface area contributed by atoms with Gasteiger partial charge in [-0.05, 0) is 52.5 Å². The van der Waals surface area contributed by atoms with E-state index >= 15 is 0 Å². The number of nitrogens with two attached hydrogens (primary N) is 1. The Balaban J connectivity index is 1.82. The molecule has 2 nitrogen and oxygen atoms in total. The van der Waals surface area contributed by atoms with Crippen molar-refractivity contribution in [2.75, 3.05) is 12.3 Å². The molecule has 0 saturated carbocycles. The van der Waals surface area contributed by atoms with Gasteiger partial charge < -0.3 is 5.73 Å². The third-order valence-electron chi connectivity index (χ3n) is 3.88. The van der Waals surface area contributed by atoms with Gasteiger partial charge in [-0.25, -0.2) is 0 Å². The monoisotopic (exact) mass is 336 g/mol. The van der Waals surface area contributed by atoms with Crippen LogP contribution in [-0.4, -0.2) is 11.4 Å². The summed E-state index contributed by atoms with van der Waals surface area (Å²) in [6.07, 6.45) is 1.05. The Labute approximate surface area is 126 Å². The zero-order valence-electron chi connectivity index (χ0n) is 10.9. The van der Waals surface area contributed by atoms with Gasteiger partial charge in [0.15, 0.2) is 0 Å². The minimum atomic E-state index is 0.464. The second-order valence-electron chi connectivity index (χ2n) is 5.05. The van der Waals surface area contributed by atoms with Gasteiger partial charge in [-0.1, -0.05) is 12.1 Å². The first-order valence-electron chi connectivity index (χ1n) is 6.49. The summed E-state index contributed by atoms with van der Waals surface area (Å²) >= 11 is 5.36. The van der Waals surface area contributed by atoms with Gasteiger partial charge in [0.2, 0.25) is 0 Å². The minimum absolute atomic E-state index is 0.464. The zero-order chi connectivity index (χ0) is 13.4. The predicted molar refractivity (Wildman–Crippen MR) is 85.4 cm³/mol. The molecular formula is C15H17BrN2S. The van der Waals surface area contributed by atoms with E-state index < -0.39 is 0 Å². The van der Waals surface area contributed by atoms with E-state index in [1.807, 2.05) is 17.4 Å². The summed E-state index contributed by atoms with van der Waals surface area (Å²) in [6.45, 7) is 4.37. The van der Waals surface area contributed by atoms with Crippen LogP contribution in [0.1, 0.15) is 29.0 Å². The number of benzene rings is 1. The molecule has 0 spiro atoms. The molecule has 0 amide bonds. The maximum atomic E-state index is 6.05. The number of halogens is 1. The van der Waals surface area contributed by atoms with Crippen molar-refractivity contribution >= 4 is 33.0 Å². The van der Waals surface area contributed by atoms with Crippen LogP contribution >= 0.6 is 27.3 Å². The van der Waals surface area contributed by atoms with Crippen LogP contribution in [0.25, 0.3) is 0 Å². The van der Waals surface area contributed by atoms with Crippen LogP contribution in [0.4, 0.5) is 5.69 Å². The molecule has 2 N–H and O–H groups in total. The Morgan fingerprint density at radius 3 is 3.00 bits per heavy atom. The number of anilines is 1. The standard InChI is InChI=1S/C15H17BrN2S/c1-10(15-7-12(16)9-19-15)18-6-5-13-11(8-18)3-2-4-14(13)17/h2-4,7,9-10H,5-6,8,17H2,1H3. The number of hydrogen-bond acceptors (Lipinski definition) is 3. The highest BCUT2D eigenvalue weighted by Crippen LogP contribution is 2.33. The number of fused-ring (bicyclic) bond motifs is 1. The molecule has 1 aromatic heterocycles. The maximum Gasteiger partial charge on any atom is 0.0417 e. The summed E-state index contributed by atoms with van der Waals surface area (Å²) in [4.78, 5) is 3.94. The second kappa shape index (κ2) is 5.27. The van der Waals surface area contributed by atoms with E-state index in [2.05, 4.69) is 51.3 Å². The highest BCUT2D eigenvalue weighted by molar-refractivity contribution is 9.10. The lowest BCUT2D eigenvalue weighted by Crippen LogP contribution is -2.32. The number of nitrogens with zero attached hydrogens (tertiary/aromatic N) is 1. The Bertz CT molecular complexity index is 594. The lowest BCUT2D eigenvalue weighted by Gasteiger charge is -2.33. The van der Waals surface area contributed by atoms with Crippen LogP contribution in [0, 0.1) is 0 Å². The largest absolute Gasteiger partial charge is 0.398 e. The molecule has 1 unspecified atom stereocenters. The van der Waals surface area contributed by atoms with E-state index in [1.54, 1.807) is 0 Å². The number of rotatable bonds is 2. The quantitative estimate of drug-likeness (QED) is 0.832. The average Bonchev–Trinajstić information content (AvgIpc) is 2.84. The van der Waals surface area contributed by atoms with Gasteiger partial charge in [0.25, 0.3) is 0 Å². The summed E-state index contributed by atoms with van der Waals surface area (Å²) in [5.41, 5.74) is 9.73. The third kappa shape index (κ3) is 2.57. The first-order chi connectivity index (χ1) is 9.15. The molecule has 2 heterocycles. The second-order valence-corrected chi connectivity index (χ2v) is 6.91. The van der Waals surface area contributed by atoms with Gasteiger partial charge in [-0.15, -0.1) is 11.3 Å². The van der Waals surface area contributed by atoms with Crippen LogP contribution in [0.3, 0.4) is 0 Å². The summed E-state index contributed by atoms with van der Waals surface area (Å²) in [6, 6.07) is 8.96. The average molecular weight is 337 g/mol. The summed E-state index contributed by atoms with van der Waals surface area (Å²) in [7, 11) is 0. The van der Waals surface area contributed by atoms with Crippen molar-refractivity contribution < 1.29 is 0 Å². The van der Waals surface area contributed by atoms with Crippen molar-refractivity contribution in [1.29, 1.82) is 0 Å². The van der Waals surface area contributed by atoms with Gasteiger partial charge in [-0.3, -0.25) is 4.90 Å². The number of thiophene rings is 1. The van der Waals surface area contributed by atoms with Crippen LogP contribution in [-0.2, 0) is 13.0 Å². The van der Waals surface area contributed by atoms with Crippen molar-refractivity contribution in [3.8, 4) is 0 Å². The molecular weight excluding hydrogens is 320 g/mol. The van der Waals surface area contributed by atoms with Crippen LogP contribution in [0.15, 0.2) is 34.1 Å². The fourth-order valence-corrected chi connectivity index (χ4v) is 4.25. The molecule has 2 aromatic rings. The summed E-state index contributed by atoms with van der Waals surface area (Å²) < 4.78 is 1.18. The third-order valence-corrected chi connectivity index (χ3v) is 5.74. The fraction of sp³-hybridized carbons (Fsp3) is 0.333. The van der Waals surface area contributed by atoms with Crippen molar-refractivity contribution in [2.24, 2.45) is 0 Å². The molecule has 19 heavy (non-hydrogen) atoms. The topological polar surface area (TPSA) is 29.3 Å². The smallest absolute Gasteiger partial charge is 0.0417 e. The normalized spacial score (nSPS) is 17.2. The molecule has 1 aliphatic rings. The van der Waals surface area contributed by atoms with Crippen LogP contribution in [0.2, 0.25) is 0 Å². The van der Waals surface area contributed by atoms with Gasteiger partial charge in [0, 0.05) is 39.5 Å². The lowest BCUT2D eigenvalue weighted by atomic mass is 9.97. The molecule has 0 bridgehead atoms. The van der Waals surface area contributed by atoms with E-state index in [9.17, 15) is 0 Å². The molecule has 0 radical (unpaired) electrons. The molecule has 0 fully saturated rings. The van der Waals surface area contributed by atoms with E-state index in [1.165, 1.54) is 20.5 Å². The molecule has 4 heteroatoms. The minimum Gasteiger partial charge on any atom is -0.398 e. The Kier molecular flexibility index (Phi) is 3.65. The lowest BCUT2D eigenvalue weighted by molar-refractivity contribution is 0.195. The van der Waals surface area contributed by atoms with Crippen LogP contribution in [0.5, 0.6) is 0 Å². The SMILES string of the molecule is CC(c1cc(Br)cs1)N1CCc2c(N)cccc2C1. The van der Waals surface area contributed by atoms with Crippen molar-refractivity contribution in [1.82, 2.24) is 4.90 Å². The summed E-state index contributed by atoms with van der Waals surface area (Å²) in [5.74, 6) is 0. The van der Waals surface area contributed by atoms with Crippen molar-refractivity contribution in [3.05, 3.63) is 50.1 Å². The Hall–Kier alpha value is -0.840. The maximum absolute atomic E-state index is 6.05. The summed E-state index contributed by atoms with van der Waals surface area (Å²) in [5, 5.41) is 2.15. The van der Waals surface area contributed by atoms with E-state index in [0.717, 1.165) is 25.2 Å². The van der Waals surface area contributed by atoms with Crippen LogP contribution < -0.4 is 5.73 Å². The Morgan fingerprint density at radius 1 is 1.42 bits per heavy atom. The molecule has 0 aliphatic carbocycles. The molecule has 100 valence electrons. The number of hydrogen-bond donors (Lipinski definition) is 1. The molecule has 1 aromatic carbocycles. The fourth-order valence-electron chi connectivity index (χ4n) is 2.72. The molecule has 1 atom stereocenters. The first-order valence-corrected chi connectivity index (χ1v) is 8.16.